The third-order valence-electron chi connectivity index (χ3n) is 1.50. The van der Waals surface area contributed by atoms with Crippen molar-refractivity contribution in [1.29, 1.82) is 0 Å². The highest BCUT2D eigenvalue weighted by molar-refractivity contribution is 7.72. The van der Waals surface area contributed by atoms with Gasteiger partial charge in [-0.25, -0.2) is 0 Å². The smallest absolute Gasteiger partial charge is 0.401 e. The van der Waals surface area contributed by atoms with E-state index < -0.39 is 13.1 Å². The van der Waals surface area contributed by atoms with Gasteiger partial charge in [0.2, 0.25) is 0 Å². The molecule has 13 heavy (non-hydrogen) atoms. The Morgan fingerprint density at radius 2 is 2.08 bits per heavy atom. The van der Waals surface area contributed by atoms with E-state index in [-0.39, 0.29) is 5.56 Å². The molecule has 1 aromatic rings. The monoisotopic (exact) mass is 204 g/mol. The lowest BCUT2D eigenvalue weighted by atomic mass is 10.4. The summed E-state index contributed by atoms with van der Waals surface area (Å²) in [6.45, 7) is 0. The molecule has 72 valence electrons. The highest BCUT2D eigenvalue weighted by atomic mass is 31.2. The van der Waals surface area contributed by atoms with Gasteiger partial charge in [-0.1, -0.05) is 0 Å². The van der Waals surface area contributed by atoms with E-state index in [0.29, 0.717) is 0 Å². The topological polar surface area (TPSA) is 65.7 Å². The molecule has 5 nitrogen and oxygen atoms in total. The molecule has 0 radical (unpaired) electrons. The van der Waals surface area contributed by atoms with Crippen molar-refractivity contribution in [2.75, 3.05) is 14.2 Å². The largest absolute Gasteiger partial charge is 0.472 e. The van der Waals surface area contributed by atoms with Crippen LogP contribution < -0.4 is 0 Å². The van der Waals surface area contributed by atoms with Gasteiger partial charge in [-0.15, -0.1) is 0 Å². The summed E-state index contributed by atoms with van der Waals surface area (Å²) >= 11 is 0. The Bertz CT molecular complexity index is 321. The maximum absolute atomic E-state index is 11.5. The van der Waals surface area contributed by atoms with Crippen molar-refractivity contribution in [1.82, 2.24) is 0 Å². The van der Waals surface area contributed by atoms with E-state index in [1.54, 1.807) is 0 Å². The zero-order chi connectivity index (χ0) is 9.90. The molecule has 1 rings (SSSR count). The first kappa shape index (κ1) is 10.2. The first-order valence-corrected chi connectivity index (χ1v) is 4.97. The van der Waals surface area contributed by atoms with Crippen LogP contribution >= 0.6 is 7.60 Å². The van der Waals surface area contributed by atoms with Crippen LogP contribution in [0.25, 0.3) is 0 Å². The van der Waals surface area contributed by atoms with Crippen molar-refractivity contribution < 1.29 is 22.8 Å². The second-order valence-corrected chi connectivity index (χ2v) is 4.31. The van der Waals surface area contributed by atoms with Crippen LogP contribution in [0.2, 0.25) is 0 Å². The van der Waals surface area contributed by atoms with Crippen molar-refractivity contribution in [3.63, 3.8) is 0 Å². The summed E-state index contributed by atoms with van der Waals surface area (Å²) in [6, 6.07) is 1.40. The normalized spacial score (nSPS) is 11.5. The lowest BCUT2D eigenvalue weighted by molar-refractivity contribution is 0.102. The fourth-order valence-corrected chi connectivity index (χ4v) is 1.71. The first-order valence-electron chi connectivity index (χ1n) is 3.42. The second-order valence-electron chi connectivity index (χ2n) is 2.18. The lowest BCUT2D eigenvalue weighted by Crippen LogP contribution is -2.02. The fourth-order valence-electron chi connectivity index (χ4n) is 0.785. The van der Waals surface area contributed by atoms with Gasteiger partial charge in [-0.05, 0) is 6.07 Å². The van der Waals surface area contributed by atoms with Crippen LogP contribution in [-0.4, -0.2) is 19.7 Å². The van der Waals surface area contributed by atoms with Crippen LogP contribution in [0.15, 0.2) is 23.0 Å². The minimum atomic E-state index is -3.66. The summed E-state index contributed by atoms with van der Waals surface area (Å²) < 4.78 is 25.2. The Balaban J connectivity index is 2.96. The fraction of sp³-hybridized carbons (Fsp3) is 0.286. The second kappa shape index (κ2) is 3.87. The third-order valence-corrected chi connectivity index (χ3v) is 3.21. The number of hydrogen-bond acceptors (Lipinski definition) is 5. The van der Waals surface area contributed by atoms with Crippen LogP contribution in [0.3, 0.4) is 0 Å². The Hall–Kier alpha value is -0.900. The van der Waals surface area contributed by atoms with Gasteiger partial charge < -0.3 is 13.5 Å². The highest BCUT2D eigenvalue weighted by Gasteiger charge is 2.33. The molecular weight excluding hydrogens is 195 g/mol. The molecule has 0 aromatic carbocycles. The lowest BCUT2D eigenvalue weighted by Gasteiger charge is -2.09. The van der Waals surface area contributed by atoms with Crippen LogP contribution in [0, 0.1) is 0 Å². The molecule has 0 aliphatic rings. The van der Waals surface area contributed by atoms with Gasteiger partial charge >= 0.3 is 7.60 Å². The summed E-state index contributed by atoms with van der Waals surface area (Å²) in [7, 11) is -1.35. The molecule has 0 atom stereocenters. The predicted molar refractivity (Wildman–Crippen MR) is 44.7 cm³/mol. The third kappa shape index (κ3) is 1.88. The summed E-state index contributed by atoms with van der Waals surface area (Å²) in [5, 5.41) is 0. The van der Waals surface area contributed by atoms with Crippen LogP contribution in [-0.2, 0) is 13.6 Å². The number of rotatable bonds is 4. The van der Waals surface area contributed by atoms with Crippen molar-refractivity contribution in [3.8, 4) is 0 Å². The molecule has 0 N–H and O–H groups in total. The zero-order valence-corrected chi connectivity index (χ0v) is 8.11. The molecular formula is C7H9O5P. The summed E-state index contributed by atoms with van der Waals surface area (Å²) in [4.78, 5) is 11.4. The Labute approximate surface area is 75.2 Å². The molecule has 0 aliphatic carbocycles. The Kier molecular flexibility index (Phi) is 3.03. The number of carbonyl (C=O) groups is 1. The summed E-state index contributed by atoms with van der Waals surface area (Å²) in [5.41, 5.74) is -0.529. The van der Waals surface area contributed by atoms with Gasteiger partial charge in [0, 0.05) is 14.2 Å². The van der Waals surface area contributed by atoms with Crippen molar-refractivity contribution in [3.05, 3.63) is 24.2 Å². The summed E-state index contributed by atoms with van der Waals surface area (Å²) in [5.74, 6) is 0. The zero-order valence-electron chi connectivity index (χ0n) is 7.22. The number of carbonyl (C=O) groups excluding carboxylic acids is 1. The van der Waals surface area contributed by atoms with Gasteiger partial charge in [-0.3, -0.25) is 9.36 Å². The average Bonchev–Trinajstić information content (AvgIpc) is 2.68. The van der Waals surface area contributed by atoms with Gasteiger partial charge in [-0.2, -0.15) is 0 Å². The minimum Gasteiger partial charge on any atom is -0.472 e. The van der Waals surface area contributed by atoms with E-state index in [2.05, 4.69) is 13.5 Å². The maximum atomic E-state index is 11.5. The van der Waals surface area contributed by atoms with E-state index in [0.717, 1.165) is 14.2 Å². The molecule has 0 spiro atoms. The Morgan fingerprint density at radius 3 is 2.46 bits per heavy atom. The van der Waals surface area contributed by atoms with Crippen molar-refractivity contribution >= 4 is 13.1 Å². The highest BCUT2D eigenvalue weighted by Crippen LogP contribution is 2.49. The minimum absolute atomic E-state index is 0.173. The first-order chi connectivity index (χ1) is 6.14. The number of furan rings is 1. The Morgan fingerprint density at radius 1 is 1.46 bits per heavy atom. The quantitative estimate of drug-likeness (QED) is 0.700. The van der Waals surface area contributed by atoms with Crippen molar-refractivity contribution in [2.45, 2.75) is 0 Å². The molecule has 0 saturated heterocycles. The molecule has 0 saturated carbocycles. The SMILES string of the molecule is COP(=O)(OC)C(=O)c1ccoc1. The molecule has 0 fully saturated rings. The predicted octanol–water partition coefficient (Wildman–Crippen LogP) is 1.91. The molecule has 6 heteroatoms. The summed E-state index contributed by atoms with van der Waals surface area (Å²) in [6.07, 6.45) is 2.50. The van der Waals surface area contributed by atoms with E-state index in [1.165, 1.54) is 18.6 Å². The van der Waals surface area contributed by atoms with E-state index >= 15 is 0 Å². The standard InChI is InChI=1S/C7H9O5P/c1-10-13(9,11-2)7(8)6-3-4-12-5-6/h3-5H,1-2H3. The van der Waals surface area contributed by atoms with Gasteiger partial charge in [0.05, 0.1) is 11.8 Å². The van der Waals surface area contributed by atoms with Crippen molar-refractivity contribution in [2.24, 2.45) is 0 Å². The van der Waals surface area contributed by atoms with Crippen LogP contribution in [0.5, 0.6) is 0 Å². The molecule has 1 heterocycles. The van der Waals surface area contributed by atoms with E-state index in [1.807, 2.05) is 0 Å². The van der Waals surface area contributed by atoms with Gasteiger partial charge in [0.25, 0.3) is 5.52 Å². The molecule has 0 bridgehead atoms. The molecule has 0 unspecified atom stereocenters. The van der Waals surface area contributed by atoms with Gasteiger partial charge in [0.15, 0.2) is 0 Å². The molecule has 1 aromatic heterocycles. The van der Waals surface area contributed by atoms with E-state index in [4.69, 9.17) is 0 Å². The van der Waals surface area contributed by atoms with E-state index in [9.17, 15) is 9.36 Å². The van der Waals surface area contributed by atoms with Crippen LogP contribution in [0.1, 0.15) is 10.4 Å². The maximum Gasteiger partial charge on any atom is 0.401 e. The average molecular weight is 204 g/mol. The molecule has 0 amide bonds. The van der Waals surface area contributed by atoms with Gasteiger partial charge in [0.1, 0.15) is 6.26 Å². The number of hydrogen-bond donors (Lipinski definition) is 0. The molecule has 0 aliphatic heterocycles. The van der Waals surface area contributed by atoms with Crippen LogP contribution in [0.4, 0.5) is 0 Å².